The Hall–Kier alpha value is -3.06. The molecule has 0 spiro atoms. The number of anilines is 3. The topological polar surface area (TPSA) is 67.2 Å². The number of para-hydroxylation sites is 1. The smallest absolute Gasteiger partial charge is 0.233 e. The predicted molar refractivity (Wildman–Crippen MR) is 131 cm³/mol. The number of aromatic nitrogens is 2. The third-order valence-corrected chi connectivity index (χ3v) is 7.84. The number of nitrogens with one attached hydrogen (secondary N) is 1. The fourth-order valence-corrected chi connectivity index (χ4v) is 5.96. The van der Waals surface area contributed by atoms with E-state index in [0.717, 1.165) is 30.5 Å². The molecule has 1 amide bonds. The number of hydrogen-bond donors (Lipinski definition) is 1. The molecule has 1 N–H and O–H groups in total. The van der Waals surface area contributed by atoms with E-state index >= 15 is 0 Å². The molecule has 170 valence electrons. The quantitative estimate of drug-likeness (QED) is 0.543. The van der Waals surface area contributed by atoms with Gasteiger partial charge in [-0.05, 0) is 55.0 Å². The van der Waals surface area contributed by atoms with Crippen LogP contribution < -0.4 is 10.2 Å². The van der Waals surface area contributed by atoms with Crippen molar-refractivity contribution in [2.24, 2.45) is 13.0 Å². The summed E-state index contributed by atoms with van der Waals surface area (Å²) in [6, 6.07) is 16.6. The lowest BCUT2D eigenvalue weighted by atomic mass is 9.79. The molecule has 6 nitrogen and oxygen atoms in total. The van der Waals surface area contributed by atoms with E-state index in [1.807, 2.05) is 19.3 Å². The summed E-state index contributed by atoms with van der Waals surface area (Å²) in [6.45, 7) is 0. The monoisotopic (exact) mass is 460 g/mol. The molecule has 0 bridgehead atoms. The Bertz CT molecular complexity index is 1190. The molecular formula is C26H28N4O2S. The van der Waals surface area contributed by atoms with Crippen molar-refractivity contribution in [3.05, 3.63) is 60.3 Å². The number of benzene rings is 2. The van der Waals surface area contributed by atoms with Gasteiger partial charge in [-0.25, -0.2) is 0 Å². The fourth-order valence-electron chi connectivity index (χ4n) is 4.83. The van der Waals surface area contributed by atoms with Crippen molar-refractivity contribution in [1.82, 2.24) is 9.78 Å². The molecule has 2 aliphatic rings. The van der Waals surface area contributed by atoms with E-state index in [0.29, 0.717) is 30.4 Å². The molecule has 0 radical (unpaired) electrons. The first-order valence-corrected chi connectivity index (χ1v) is 12.3. The second kappa shape index (κ2) is 9.06. The van der Waals surface area contributed by atoms with Gasteiger partial charge in [0.05, 0.1) is 17.3 Å². The van der Waals surface area contributed by atoms with Crippen molar-refractivity contribution in [2.45, 2.75) is 47.8 Å². The summed E-state index contributed by atoms with van der Waals surface area (Å²) < 4.78 is 1.68. The van der Waals surface area contributed by atoms with Crippen LogP contribution in [0, 0.1) is 5.92 Å². The molecule has 5 rings (SSSR count). The summed E-state index contributed by atoms with van der Waals surface area (Å²) in [5.74, 6) is 0.923. The number of amides is 1. The number of hydrogen-bond acceptors (Lipinski definition) is 5. The molecule has 7 heteroatoms. The van der Waals surface area contributed by atoms with Gasteiger partial charge in [-0.1, -0.05) is 30.0 Å². The van der Waals surface area contributed by atoms with Crippen LogP contribution in [-0.2, 0) is 16.6 Å². The Kier molecular flexibility index (Phi) is 5.98. The van der Waals surface area contributed by atoms with E-state index in [9.17, 15) is 9.59 Å². The average molecular weight is 461 g/mol. The van der Waals surface area contributed by atoms with E-state index in [2.05, 4.69) is 64.8 Å². The number of ketones is 1. The van der Waals surface area contributed by atoms with Crippen molar-refractivity contribution >= 4 is 40.6 Å². The highest BCUT2D eigenvalue weighted by Gasteiger charge is 2.30. The van der Waals surface area contributed by atoms with Gasteiger partial charge in [-0.3, -0.25) is 14.3 Å². The number of rotatable bonds is 5. The highest BCUT2D eigenvalue weighted by molar-refractivity contribution is 7.99. The van der Waals surface area contributed by atoms with Crippen LogP contribution in [0.25, 0.3) is 0 Å². The zero-order valence-electron chi connectivity index (χ0n) is 19.0. The van der Waals surface area contributed by atoms with Gasteiger partial charge in [0.2, 0.25) is 5.91 Å². The molecule has 3 aromatic rings. The van der Waals surface area contributed by atoms with Gasteiger partial charge in [-0.2, -0.15) is 5.10 Å². The minimum absolute atomic E-state index is 0.0444. The summed E-state index contributed by atoms with van der Waals surface area (Å²) in [6.07, 6.45) is 5.53. The molecule has 1 atom stereocenters. The van der Waals surface area contributed by atoms with E-state index in [1.54, 1.807) is 16.4 Å². The fraction of sp³-hybridized carbons (Fsp3) is 0.346. The summed E-state index contributed by atoms with van der Waals surface area (Å²) in [5.41, 5.74) is 3.30. The molecule has 1 saturated carbocycles. The third kappa shape index (κ3) is 4.55. The molecule has 1 aliphatic carbocycles. The first-order valence-electron chi connectivity index (χ1n) is 11.4. The first kappa shape index (κ1) is 21.8. The van der Waals surface area contributed by atoms with Gasteiger partial charge in [-0.15, -0.1) is 0 Å². The maximum absolute atomic E-state index is 13.5. The van der Waals surface area contributed by atoms with Crippen LogP contribution in [-0.4, -0.2) is 28.5 Å². The normalized spacial score (nSPS) is 16.8. The van der Waals surface area contributed by atoms with Crippen LogP contribution in [0.2, 0.25) is 0 Å². The minimum atomic E-state index is -0.300. The number of carbonyl (C=O) groups is 2. The van der Waals surface area contributed by atoms with Crippen LogP contribution in [0.1, 0.15) is 43.6 Å². The van der Waals surface area contributed by atoms with Gasteiger partial charge < -0.3 is 10.2 Å². The van der Waals surface area contributed by atoms with Gasteiger partial charge in [0.25, 0.3) is 0 Å². The maximum atomic E-state index is 13.5. The largest absolute Gasteiger partial charge is 0.343 e. The van der Waals surface area contributed by atoms with Crippen LogP contribution in [0.15, 0.2) is 64.5 Å². The highest BCUT2D eigenvalue weighted by Crippen LogP contribution is 2.48. The van der Waals surface area contributed by atoms with E-state index in [1.165, 1.54) is 15.5 Å². The lowest BCUT2D eigenvalue weighted by Crippen LogP contribution is -2.26. The molecule has 1 unspecified atom stereocenters. The molecule has 1 aromatic heterocycles. The predicted octanol–water partition coefficient (Wildman–Crippen LogP) is 5.52. The van der Waals surface area contributed by atoms with Crippen LogP contribution >= 0.6 is 11.8 Å². The minimum Gasteiger partial charge on any atom is -0.343 e. The summed E-state index contributed by atoms with van der Waals surface area (Å²) in [7, 11) is 3.91. The van der Waals surface area contributed by atoms with E-state index in [-0.39, 0.29) is 11.8 Å². The Morgan fingerprint density at radius 1 is 1.09 bits per heavy atom. The zero-order chi connectivity index (χ0) is 22.9. The second-order valence-electron chi connectivity index (χ2n) is 8.99. The highest BCUT2D eigenvalue weighted by atomic mass is 32.2. The maximum Gasteiger partial charge on any atom is 0.233 e. The number of carbonyl (C=O) groups excluding carboxylic acids is 2. The van der Waals surface area contributed by atoms with Crippen molar-refractivity contribution < 1.29 is 9.59 Å². The Morgan fingerprint density at radius 2 is 1.85 bits per heavy atom. The Balaban J connectivity index is 1.45. The molecule has 1 aliphatic heterocycles. The van der Waals surface area contributed by atoms with Crippen molar-refractivity contribution in [3.63, 3.8) is 0 Å². The van der Waals surface area contributed by atoms with E-state index < -0.39 is 0 Å². The van der Waals surface area contributed by atoms with Crippen molar-refractivity contribution in [2.75, 3.05) is 17.3 Å². The number of Topliss-reactive ketones (excluding diaryl/α,β-unsaturated/α-hetero) is 1. The third-order valence-electron chi connectivity index (χ3n) is 6.71. The number of nitrogens with zero attached hydrogens (tertiary/aromatic N) is 3. The molecule has 2 aromatic carbocycles. The van der Waals surface area contributed by atoms with Gasteiger partial charge in [0.15, 0.2) is 5.82 Å². The Morgan fingerprint density at radius 3 is 2.61 bits per heavy atom. The Labute approximate surface area is 198 Å². The number of aryl methyl sites for hydroxylation is 1. The number of fused-ring (bicyclic) bond motifs is 2. The standard InChI is InChI=1S/C26H28N4O2S/c1-29-14-13-25(28-29)27-26(32)20(15-17-7-10-19(31)11-8-17)18-9-12-24-22(16-18)30(2)21-5-3-4-6-23(21)33-24/h3-6,9,12-14,16-17,20H,7-8,10-11,15H2,1-2H3,(H,27,28,32). The summed E-state index contributed by atoms with van der Waals surface area (Å²) in [5, 5.41) is 7.33. The molecular weight excluding hydrogens is 432 g/mol. The SMILES string of the molecule is CN1c2ccccc2Sc2ccc(C(CC3CCC(=O)CC3)C(=O)Nc3ccn(C)n3)cc21. The van der Waals surface area contributed by atoms with Crippen molar-refractivity contribution in [1.29, 1.82) is 0 Å². The lowest BCUT2D eigenvalue weighted by Gasteiger charge is -2.31. The molecule has 1 fully saturated rings. The summed E-state index contributed by atoms with van der Waals surface area (Å²) >= 11 is 1.76. The summed E-state index contributed by atoms with van der Waals surface area (Å²) in [4.78, 5) is 29.8. The molecule has 2 heterocycles. The van der Waals surface area contributed by atoms with Gasteiger partial charge in [0.1, 0.15) is 5.78 Å². The van der Waals surface area contributed by atoms with Gasteiger partial charge in [0, 0.05) is 49.0 Å². The van der Waals surface area contributed by atoms with E-state index in [4.69, 9.17) is 0 Å². The average Bonchev–Trinajstić information content (AvgIpc) is 3.23. The molecule has 33 heavy (non-hydrogen) atoms. The molecule has 0 saturated heterocycles. The van der Waals surface area contributed by atoms with Crippen LogP contribution in [0.3, 0.4) is 0 Å². The van der Waals surface area contributed by atoms with Crippen LogP contribution in [0.5, 0.6) is 0 Å². The van der Waals surface area contributed by atoms with Crippen LogP contribution in [0.4, 0.5) is 17.2 Å². The zero-order valence-corrected chi connectivity index (χ0v) is 19.8. The lowest BCUT2D eigenvalue weighted by molar-refractivity contribution is -0.121. The van der Waals surface area contributed by atoms with Crippen molar-refractivity contribution in [3.8, 4) is 0 Å². The second-order valence-corrected chi connectivity index (χ2v) is 10.1. The van der Waals surface area contributed by atoms with Gasteiger partial charge >= 0.3 is 0 Å². The first-order chi connectivity index (χ1) is 16.0.